The van der Waals surface area contributed by atoms with Crippen LogP contribution in [-0.2, 0) is 9.53 Å². The average Bonchev–Trinajstić information content (AvgIpc) is 2.17. The summed E-state index contributed by atoms with van der Waals surface area (Å²) in [5, 5.41) is 1.77. The highest BCUT2D eigenvalue weighted by Crippen LogP contribution is 2.17. The smallest absolute Gasteiger partial charge is 0.325 e. The third-order valence-corrected chi connectivity index (χ3v) is 2.79. The number of nitrogens with zero attached hydrogens (tertiary/aromatic N) is 2. The maximum atomic E-state index is 11.5. The molecule has 1 rings (SSSR count). The number of rotatable bonds is 2. The SMILES string of the molecule is COC(=O)C(C)(C)N1CCN(N)CC1. The zero-order valence-corrected chi connectivity index (χ0v) is 9.12. The molecule has 0 aromatic carbocycles. The molecule has 5 heteroatoms. The number of carbonyl (C=O) groups excluding carboxylic acids is 1. The minimum absolute atomic E-state index is 0.192. The maximum absolute atomic E-state index is 11.5. The second kappa shape index (κ2) is 4.25. The van der Waals surface area contributed by atoms with Gasteiger partial charge in [-0.1, -0.05) is 0 Å². The van der Waals surface area contributed by atoms with Crippen molar-refractivity contribution in [3.05, 3.63) is 0 Å². The fourth-order valence-electron chi connectivity index (χ4n) is 1.66. The second-order valence-corrected chi connectivity index (χ2v) is 4.07. The Bertz CT molecular complexity index is 210. The molecule has 0 aliphatic carbocycles. The Labute approximate surface area is 84.8 Å². The van der Waals surface area contributed by atoms with E-state index < -0.39 is 5.54 Å². The lowest BCUT2D eigenvalue weighted by Crippen LogP contribution is -2.59. The van der Waals surface area contributed by atoms with E-state index in [1.807, 2.05) is 13.8 Å². The predicted molar refractivity (Wildman–Crippen MR) is 53.4 cm³/mol. The lowest BCUT2D eigenvalue weighted by Gasteiger charge is -2.40. The Morgan fingerprint density at radius 3 is 2.21 bits per heavy atom. The van der Waals surface area contributed by atoms with Crippen molar-refractivity contribution in [3.63, 3.8) is 0 Å². The van der Waals surface area contributed by atoms with Crippen molar-refractivity contribution in [1.82, 2.24) is 9.91 Å². The van der Waals surface area contributed by atoms with Gasteiger partial charge in [0.15, 0.2) is 0 Å². The molecule has 1 aliphatic rings. The summed E-state index contributed by atoms with van der Waals surface area (Å²) in [5.41, 5.74) is -0.546. The van der Waals surface area contributed by atoms with E-state index in [9.17, 15) is 4.79 Å². The Balaban J connectivity index is 2.59. The van der Waals surface area contributed by atoms with Crippen molar-refractivity contribution in [2.75, 3.05) is 33.3 Å². The lowest BCUT2D eigenvalue weighted by molar-refractivity contribution is -0.154. The molecule has 0 amide bonds. The average molecular weight is 201 g/mol. The third-order valence-electron chi connectivity index (χ3n) is 2.79. The summed E-state index contributed by atoms with van der Waals surface area (Å²) in [4.78, 5) is 13.6. The summed E-state index contributed by atoms with van der Waals surface area (Å²) >= 11 is 0. The molecule has 1 heterocycles. The first-order valence-electron chi connectivity index (χ1n) is 4.81. The number of esters is 1. The predicted octanol–water partition coefficient (Wildman–Crippen LogP) is -0.571. The van der Waals surface area contributed by atoms with E-state index in [2.05, 4.69) is 4.90 Å². The van der Waals surface area contributed by atoms with Gasteiger partial charge >= 0.3 is 5.97 Å². The van der Waals surface area contributed by atoms with Crippen molar-refractivity contribution in [1.29, 1.82) is 0 Å². The van der Waals surface area contributed by atoms with E-state index in [0.29, 0.717) is 0 Å². The van der Waals surface area contributed by atoms with E-state index in [-0.39, 0.29) is 5.97 Å². The summed E-state index contributed by atoms with van der Waals surface area (Å²) in [6, 6.07) is 0. The Hall–Kier alpha value is -0.650. The minimum atomic E-state index is -0.546. The van der Waals surface area contributed by atoms with E-state index in [0.717, 1.165) is 26.2 Å². The quantitative estimate of drug-likeness (QED) is 0.479. The van der Waals surface area contributed by atoms with Gasteiger partial charge in [-0.3, -0.25) is 15.5 Å². The highest BCUT2D eigenvalue weighted by molar-refractivity contribution is 5.79. The Morgan fingerprint density at radius 2 is 1.79 bits per heavy atom. The molecule has 1 aliphatic heterocycles. The molecule has 0 aromatic rings. The molecule has 0 saturated carbocycles. The number of ether oxygens (including phenoxy) is 1. The van der Waals surface area contributed by atoms with Crippen LogP contribution in [0.25, 0.3) is 0 Å². The zero-order chi connectivity index (χ0) is 10.8. The van der Waals surface area contributed by atoms with Crippen LogP contribution in [0.15, 0.2) is 0 Å². The van der Waals surface area contributed by atoms with Crippen LogP contribution in [0, 0.1) is 0 Å². The fraction of sp³-hybridized carbons (Fsp3) is 0.889. The second-order valence-electron chi connectivity index (χ2n) is 4.07. The number of hydrazine groups is 1. The number of piperazine rings is 1. The summed E-state index contributed by atoms with van der Waals surface area (Å²) in [6.07, 6.45) is 0. The lowest BCUT2D eigenvalue weighted by atomic mass is 10.0. The molecule has 2 N–H and O–H groups in total. The molecular weight excluding hydrogens is 182 g/mol. The molecule has 5 nitrogen and oxygen atoms in total. The molecule has 0 radical (unpaired) electrons. The molecule has 1 fully saturated rings. The van der Waals surface area contributed by atoms with Gasteiger partial charge in [-0.25, -0.2) is 5.01 Å². The number of methoxy groups -OCH3 is 1. The third kappa shape index (κ3) is 2.23. The summed E-state index contributed by atoms with van der Waals surface area (Å²) in [5.74, 6) is 5.45. The van der Waals surface area contributed by atoms with Gasteiger partial charge in [0.25, 0.3) is 0 Å². The molecule has 0 atom stereocenters. The van der Waals surface area contributed by atoms with Crippen LogP contribution in [0.1, 0.15) is 13.8 Å². The highest BCUT2D eigenvalue weighted by Gasteiger charge is 2.36. The van der Waals surface area contributed by atoms with Gasteiger partial charge in [0.05, 0.1) is 7.11 Å². The Morgan fingerprint density at radius 1 is 1.29 bits per heavy atom. The van der Waals surface area contributed by atoms with Gasteiger partial charge in [0.1, 0.15) is 5.54 Å². The number of nitrogens with two attached hydrogens (primary N) is 1. The van der Waals surface area contributed by atoms with Crippen LogP contribution in [0.5, 0.6) is 0 Å². The minimum Gasteiger partial charge on any atom is -0.468 e. The first-order valence-corrected chi connectivity index (χ1v) is 4.81. The number of carbonyl (C=O) groups is 1. The number of hydrogen-bond acceptors (Lipinski definition) is 5. The molecule has 14 heavy (non-hydrogen) atoms. The molecule has 82 valence electrons. The van der Waals surface area contributed by atoms with Crippen molar-refractivity contribution in [3.8, 4) is 0 Å². The van der Waals surface area contributed by atoms with E-state index in [1.54, 1.807) is 5.01 Å². The Kier molecular flexibility index (Phi) is 3.47. The topological polar surface area (TPSA) is 58.8 Å². The normalized spacial score (nSPS) is 20.9. The summed E-state index contributed by atoms with van der Waals surface area (Å²) in [6.45, 7) is 6.95. The molecule has 1 saturated heterocycles. The van der Waals surface area contributed by atoms with Crippen LogP contribution in [0.3, 0.4) is 0 Å². The van der Waals surface area contributed by atoms with Crippen molar-refractivity contribution in [2.45, 2.75) is 19.4 Å². The summed E-state index contributed by atoms with van der Waals surface area (Å²) < 4.78 is 4.77. The molecule has 0 aromatic heterocycles. The largest absolute Gasteiger partial charge is 0.468 e. The molecule has 0 unspecified atom stereocenters. The first-order chi connectivity index (χ1) is 6.48. The van der Waals surface area contributed by atoms with E-state index >= 15 is 0 Å². The maximum Gasteiger partial charge on any atom is 0.325 e. The van der Waals surface area contributed by atoms with Crippen molar-refractivity contribution < 1.29 is 9.53 Å². The van der Waals surface area contributed by atoms with E-state index in [1.165, 1.54) is 7.11 Å². The van der Waals surface area contributed by atoms with Gasteiger partial charge in [0, 0.05) is 26.2 Å². The van der Waals surface area contributed by atoms with Crippen molar-refractivity contribution in [2.24, 2.45) is 5.84 Å². The van der Waals surface area contributed by atoms with Gasteiger partial charge in [0.2, 0.25) is 0 Å². The first kappa shape index (κ1) is 11.4. The van der Waals surface area contributed by atoms with Crippen LogP contribution in [0.4, 0.5) is 0 Å². The van der Waals surface area contributed by atoms with Crippen LogP contribution < -0.4 is 5.84 Å². The number of hydrogen-bond donors (Lipinski definition) is 1. The highest BCUT2D eigenvalue weighted by atomic mass is 16.5. The van der Waals surface area contributed by atoms with E-state index in [4.69, 9.17) is 10.6 Å². The summed E-state index contributed by atoms with van der Waals surface area (Å²) in [7, 11) is 1.42. The zero-order valence-electron chi connectivity index (χ0n) is 9.12. The van der Waals surface area contributed by atoms with Crippen LogP contribution >= 0.6 is 0 Å². The fourth-order valence-corrected chi connectivity index (χ4v) is 1.66. The molecule has 0 bridgehead atoms. The van der Waals surface area contributed by atoms with Gasteiger partial charge < -0.3 is 4.74 Å². The van der Waals surface area contributed by atoms with Crippen LogP contribution in [-0.4, -0.2) is 54.7 Å². The van der Waals surface area contributed by atoms with Gasteiger partial charge in [-0.2, -0.15) is 0 Å². The van der Waals surface area contributed by atoms with Gasteiger partial charge in [-0.15, -0.1) is 0 Å². The van der Waals surface area contributed by atoms with Gasteiger partial charge in [-0.05, 0) is 13.8 Å². The molecular formula is C9H19N3O2. The molecule has 0 spiro atoms. The monoisotopic (exact) mass is 201 g/mol. The van der Waals surface area contributed by atoms with Crippen LogP contribution in [0.2, 0.25) is 0 Å². The standard InChI is InChI=1S/C9H19N3O2/c1-9(2,8(13)14-3)11-4-6-12(10)7-5-11/h4-7,10H2,1-3H3. The van der Waals surface area contributed by atoms with Crippen molar-refractivity contribution >= 4 is 5.97 Å².